The lowest BCUT2D eigenvalue weighted by Crippen LogP contribution is -2.27. The highest BCUT2D eigenvalue weighted by molar-refractivity contribution is 7.10. The standard InChI is InChI=1S/C17H20N2OS/c1-4-16-18-14-10-13(20-3)6-5-12(14)9-15(19-16)17-11(2)7-8-21-17/h5-8,10,15H,4,9H2,1-3H3,(H,18,19). The van der Waals surface area contributed by atoms with E-state index in [-0.39, 0.29) is 0 Å². The summed E-state index contributed by atoms with van der Waals surface area (Å²) < 4.78 is 5.32. The molecule has 0 bridgehead atoms. The first kappa shape index (κ1) is 14.1. The summed E-state index contributed by atoms with van der Waals surface area (Å²) in [5.74, 6) is 1.90. The molecule has 0 radical (unpaired) electrons. The van der Waals surface area contributed by atoms with E-state index in [0.29, 0.717) is 6.04 Å². The van der Waals surface area contributed by atoms with Gasteiger partial charge in [0.15, 0.2) is 0 Å². The van der Waals surface area contributed by atoms with E-state index in [1.165, 1.54) is 16.0 Å². The highest BCUT2D eigenvalue weighted by atomic mass is 32.1. The molecule has 1 aliphatic rings. The molecule has 2 aromatic rings. The van der Waals surface area contributed by atoms with Gasteiger partial charge in [0, 0.05) is 17.4 Å². The molecular formula is C17H20N2OS. The Bertz CT molecular complexity index is 675. The fourth-order valence-electron chi connectivity index (χ4n) is 2.68. The Hall–Kier alpha value is -1.81. The molecule has 0 aliphatic carbocycles. The first-order chi connectivity index (χ1) is 10.2. The van der Waals surface area contributed by atoms with Gasteiger partial charge >= 0.3 is 0 Å². The third-order valence-corrected chi connectivity index (χ3v) is 5.00. The van der Waals surface area contributed by atoms with Crippen LogP contribution in [0.5, 0.6) is 5.75 Å². The van der Waals surface area contributed by atoms with Crippen molar-refractivity contribution in [3.63, 3.8) is 0 Å². The maximum absolute atomic E-state index is 5.32. The molecule has 3 nitrogen and oxygen atoms in total. The second-order valence-electron chi connectivity index (χ2n) is 5.28. The first-order valence-electron chi connectivity index (χ1n) is 7.26. The van der Waals surface area contributed by atoms with Crippen LogP contribution in [0.3, 0.4) is 0 Å². The van der Waals surface area contributed by atoms with Crippen LogP contribution in [0.1, 0.15) is 35.4 Å². The molecule has 1 atom stereocenters. The molecule has 1 aromatic carbocycles. The number of benzene rings is 1. The Labute approximate surface area is 129 Å². The molecule has 0 fully saturated rings. The fraction of sp³-hybridized carbons (Fsp3) is 0.353. The van der Waals surface area contributed by atoms with Gasteiger partial charge in [0.2, 0.25) is 0 Å². The van der Waals surface area contributed by atoms with Gasteiger partial charge in [0.25, 0.3) is 0 Å². The molecule has 21 heavy (non-hydrogen) atoms. The highest BCUT2D eigenvalue weighted by Gasteiger charge is 2.21. The number of nitrogens with zero attached hydrogens (tertiary/aromatic N) is 1. The Morgan fingerprint density at radius 2 is 2.24 bits per heavy atom. The van der Waals surface area contributed by atoms with Crippen LogP contribution in [-0.4, -0.2) is 12.9 Å². The van der Waals surface area contributed by atoms with Gasteiger partial charge < -0.3 is 10.1 Å². The van der Waals surface area contributed by atoms with Crippen molar-refractivity contribution in [2.45, 2.75) is 32.7 Å². The number of hydrogen-bond acceptors (Lipinski definition) is 4. The van der Waals surface area contributed by atoms with Gasteiger partial charge in [0.1, 0.15) is 11.6 Å². The number of fused-ring (bicyclic) bond motifs is 1. The van der Waals surface area contributed by atoms with E-state index in [1.807, 2.05) is 23.5 Å². The average molecular weight is 300 g/mol. The van der Waals surface area contributed by atoms with Crippen molar-refractivity contribution in [1.29, 1.82) is 0 Å². The molecule has 1 unspecified atom stereocenters. The van der Waals surface area contributed by atoms with Gasteiger partial charge in [-0.15, -0.1) is 11.3 Å². The lowest BCUT2D eigenvalue weighted by Gasteiger charge is -2.18. The van der Waals surface area contributed by atoms with E-state index < -0.39 is 0 Å². The van der Waals surface area contributed by atoms with E-state index in [0.717, 1.165) is 30.1 Å². The minimum absolute atomic E-state index is 0.304. The average Bonchev–Trinajstić information content (AvgIpc) is 2.83. The van der Waals surface area contributed by atoms with Gasteiger partial charge in [0.05, 0.1) is 18.8 Å². The summed E-state index contributed by atoms with van der Waals surface area (Å²) in [5, 5.41) is 5.77. The number of hydrogen-bond donors (Lipinski definition) is 1. The maximum Gasteiger partial charge on any atom is 0.121 e. The molecule has 1 aliphatic heterocycles. The predicted molar refractivity (Wildman–Crippen MR) is 89.0 cm³/mol. The molecule has 2 heterocycles. The highest BCUT2D eigenvalue weighted by Crippen LogP contribution is 2.34. The van der Waals surface area contributed by atoms with Crippen molar-refractivity contribution < 1.29 is 4.74 Å². The predicted octanol–water partition coefficient (Wildman–Crippen LogP) is 4.39. The Balaban J connectivity index is 2.02. The first-order valence-corrected chi connectivity index (χ1v) is 8.14. The molecule has 110 valence electrons. The summed E-state index contributed by atoms with van der Waals surface area (Å²) in [4.78, 5) is 6.19. The second-order valence-corrected chi connectivity index (χ2v) is 6.22. The quantitative estimate of drug-likeness (QED) is 0.912. The lowest BCUT2D eigenvalue weighted by atomic mass is 10.0. The van der Waals surface area contributed by atoms with Crippen molar-refractivity contribution in [1.82, 2.24) is 5.32 Å². The normalized spacial score (nSPS) is 17.5. The third kappa shape index (κ3) is 2.81. The molecule has 1 N–H and O–H groups in total. The zero-order valence-electron chi connectivity index (χ0n) is 12.6. The summed E-state index contributed by atoms with van der Waals surface area (Å²) in [5.41, 5.74) is 3.64. The topological polar surface area (TPSA) is 33.6 Å². The fourth-order valence-corrected chi connectivity index (χ4v) is 3.66. The number of methoxy groups -OCH3 is 1. The van der Waals surface area contributed by atoms with Crippen molar-refractivity contribution in [3.8, 4) is 5.75 Å². The van der Waals surface area contributed by atoms with Crippen LogP contribution in [0.15, 0.2) is 34.6 Å². The molecule has 4 heteroatoms. The van der Waals surface area contributed by atoms with E-state index in [1.54, 1.807) is 7.11 Å². The van der Waals surface area contributed by atoms with E-state index in [4.69, 9.17) is 9.73 Å². The van der Waals surface area contributed by atoms with Crippen LogP contribution in [0.25, 0.3) is 0 Å². The van der Waals surface area contributed by atoms with E-state index >= 15 is 0 Å². The van der Waals surface area contributed by atoms with Crippen LogP contribution in [0.2, 0.25) is 0 Å². The van der Waals surface area contributed by atoms with Gasteiger partial charge in [-0.1, -0.05) is 13.0 Å². The van der Waals surface area contributed by atoms with Crippen molar-refractivity contribution in [2.75, 3.05) is 7.11 Å². The zero-order valence-corrected chi connectivity index (χ0v) is 13.5. The second kappa shape index (κ2) is 5.90. The Morgan fingerprint density at radius 3 is 2.90 bits per heavy atom. The van der Waals surface area contributed by atoms with Gasteiger partial charge in [-0.3, -0.25) is 0 Å². The Morgan fingerprint density at radius 1 is 1.38 bits per heavy atom. The summed E-state index contributed by atoms with van der Waals surface area (Å²) >= 11 is 1.82. The van der Waals surface area contributed by atoms with Crippen LogP contribution >= 0.6 is 11.3 Å². The molecule has 0 amide bonds. The smallest absolute Gasteiger partial charge is 0.121 e. The summed E-state index contributed by atoms with van der Waals surface area (Å²) in [6.07, 6.45) is 1.85. The van der Waals surface area contributed by atoms with E-state index in [2.05, 4.69) is 36.7 Å². The van der Waals surface area contributed by atoms with Crippen LogP contribution in [0.4, 0.5) is 5.69 Å². The third-order valence-electron chi connectivity index (χ3n) is 3.87. The monoisotopic (exact) mass is 300 g/mol. The Kier molecular flexibility index (Phi) is 3.97. The summed E-state index contributed by atoms with van der Waals surface area (Å²) in [6, 6.07) is 8.66. The molecular weight excluding hydrogens is 280 g/mol. The van der Waals surface area contributed by atoms with E-state index in [9.17, 15) is 0 Å². The van der Waals surface area contributed by atoms with Gasteiger partial charge in [-0.2, -0.15) is 0 Å². The lowest BCUT2D eigenvalue weighted by molar-refractivity contribution is 0.415. The van der Waals surface area contributed by atoms with Crippen LogP contribution < -0.4 is 10.1 Å². The number of aliphatic imine (C=N–C) groups is 1. The molecule has 3 rings (SSSR count). The summed E-state index contributed by atoms with van der Waals surface area (Å²) in [7, 11) is 1.69. The minimum atomic E-state index is 0.304. The van der Waals surface area contributed by atoms with Crippen molar-refractivity contribution in [3.05, 3.63) is 45.6 Å². The van der Waals surface area contributed by atoms with Crippen molar-refractivity contribution >= 4 is 22.9 Å². The van der Waals surface area contributed by atoms with Crippen molar-refractivity contribution in [2.24, 2.45) is 4.99 Å². The summed E-state index contributed by atoms with van der Waals surface area (Å²) in [6.45, 7) is 4.31. The number of ether oxygens (including phenoxy) is 1. The molecule has 1 aromatic heterocycles. The zero-order chi connectivity index (χ0) is 14.8. The minimum Gasteiger partial charge on any atom is -0.497 e. The number of aryl methyl sites for hydroxylation is 1. The van der Waals surface area contributed by atoms with Gasteiger partial charge in [-0.05, 0) is 42.0 Å². The number of nitrogens with one attached hydrogen (secondary N) is 1. The molecule has 0 saturated heterocycles. The molecule has 0 saturated carbocycles. The van der Waals surface area contributed by atoms with Crippen LogP contribution in [-0.2, 0) is 6.42 Å². The number of amidine groups is 1. The van der Waals surface area contributed by atoms with Crippen LogP contribution in [0, 0.1) is 6.92 Å². The van der Waals surface area contributed by atoms with Gasteiger partial charge in [-0.25, -0.2) is 4.99 Å². The number of rotatable bonds is 3. The largest absolute Gasteiger partial charge is 0.497 e. The number of thiophene rings is 1. The maximum atomic E-state index is 5.32. The molecule has 0 spiro atoms. The SMILES string of the molecule is CCC1=Nc2cc(OC)ccc2CC(c2sccc2C)N1.